The van der Waals surface area contributed by atoms with Gasteiger partial charge in [-0.05, 0) is 38.5 Å². The molecule has 0 aliphatic rings. The Morgan fingerprint density at radius 1 is 1.09 bits per heavy atom. The molecule has 2 rings (SSSR count). The van der Waals surface area contributed by atoms with Gasteiger partial charge in [0.25, 0.3) is 5.91 Å². The second-order valence-electron chi connectivity index (χ2n) is 6.32. The number of carbonyl (C=O) groups is 2. The molecule has 0 radical (unpaired) electrons. The number of ether oxygens (including phenoxy) is 1. The molecule has 2 aromatic rings. The molecule has 23 heavy (non-hydrogen) atoms. The quantitative estimate of drug-likeness (QED) is 0.863. The highest BCUT2D eigenvalue weighted by molar-refractivity contribution is 5.94. The van der Waals surface area contributed by atoms with E-state index in [1.807, 2.05) is 30.3 Å². The summed E-state index contributed by atoms with van der Waals surface area (Å²) in [5.74, 6) is -0.655. The summed E-state index contributed by atoms with van der Waals surface area (Å²) in [5, 5.41) is 0. The van der Waals surface area contributed by atoms with Crippen molar-refractivity contribution < 1.29 is 14.3 Å². The molecule has 0 saturated heterocycles. The van der Waals surface area contributed by atoms with E-state index >= 15 is 0 Å². The summed E-state index contributed by atoms with van der Waals surface area (Å²) < 4.78 is 5.33. The standard InChI is InChI=1S/C18H22N2O3/c1-18(2,3)23-16(21)13-20(12-14-8-5-4-6-9-14)17(22)15-10-7-11-19-15/h4-11,19H,12-13H2,1-3H3. The third-order valence-corrected chi connectivity index (χ3v) is 3.07. The number of nitrogens with zero attached hydrogens (tertiary/aromatic N) is 1. The van der Waals surface area contributed by atoms with Crippen LogP contribution in [0.4, 0.5) is 0 Å². The lowest BCUT2D eigenvalue weighted by molar-refractivity contribution is -0.155. The maximum absolute atomic E-state index is 12.6. The largest absolute Gasteiger partial charge is 0.459 e. The minimum absolute atomic E-state index is 0.0932. The number of aromatic amines is 1. The van der Waals surface area contributed by atoms with Crippen molar-refractivity contribution in [2.24, 2.45) is 0 Å². The summed E-state index contributed by atoms with van der Waals surface area (Å²) in [7, 11) is 0. The Morgan fingerprint density at radius 2 is 1.78 bits per heavy atom. The molecule has 1 aromatic carbocycles. The molecule has 0 aliphatic heterocycles. The Bertz CT molecular complexity index is 643. The smallest absolute Gasteiger partial charge is 0.326 e. The molecule has 5 nitrogen and oxygen atoms in total. The summed E-state index contributed by atoms with van der Waals surface area (Å²) in [6, 6.07) is 13.0. The predicted molar refractivity (Wildman–Crippen MR) is 87.8 cm³/mol. The highest BCUT2D eigenvalue weighted by Crippen LogP contribution is 2.12. The van der Waals surface area contributed by atoms with Crippen LogP contribution in [0, 0.1) is 0 Å². The van der Waals surface area contributed by atoms with Gasteiger partial charge in [0, 0.05) is 12.7 Å². The van der Waals surface area contributed by atoms with E-state index in [1.54, 1.807) is 39.1 Å². The van der Waals surface area contributed by atoms with Crippen molar-refractivity contribution in [3.05, 3.63) is 59.9 Å². The van der Waals surface area contributed by atoms with Crippen LogP contribution in [-0.4, -0.2) is 33.9 Å². The molecule has 0 bridgehead atoms. The Balaban J connectivity index is 2.14. The average molecular weight is 314 g/mol. The molecule has 0 atom stereocenters. The fourth-order valence-corrected chi connectivity index (χ4v) is 2.17. The van der Waals surface area contributed by atoms with Gasteiger partial charge in [0.2, 0.25) is 0 Å². The van der Waals surface area contributed by atoms with Crippen molar-refractivity contribution in [3.63, 3.8) is 0 Å². The lowest BCUT2D eigenvalue weighted by Gasteiger charge is -2.25. The van der Waals surface area contributed by atoms with Crippen LogP contribution in [0.2, 0.25) is 0 Å². The number of nitrogens with one attached hydrogen (secondary N) is 1. The lowest BCUT2D eigenvalue weighted by Crippen LogP contribution is -2.38. The zero-order valence-electron chi connectivity index (χ0n) is 13.7. The van der Waals surface area contributed by atoms with E-state index in [0.717, 1.165) is 5.56 Å². The monoisotopic (exact) mass is 314 g/mol. The van der Waals surface area contributed by atoms with E-state index in [-0.39, 0.29) is 12.5 Å². The molecule has 0 unspecified atom stereocenters. The number of benzene rings is 1. The number of amides is 1. The molecule has 122 valence electrons. The Morgan fingerprint density at radius 3 is 2.35 bits per heavy atom. The average Bonchev–Trinajstić information content (AvgIpc) is 2.99. The first-order chi connectivity index (χ1) is 10.8. The van der Waals surface area contributed by atoms with Crippen LogP contribution >= 0.6 is 0 Å². The van der Waals surface area contributed by atoms with Crippen molar-refractivity contribution >= 4 is 11.9 Å². The van der Waals surface area contributed by atoms with Crippen LogP contribution in [0.3, 0.4) is 0 Å². The van der Waals surface area contributed by atoms with Crippen LogP contribution in [0.5, 0.6) is 0 Å². The lowest BCUT2D eigenvalue weighted by atomic mass is 10.2. The van der Waals surface area contributed by atoms with E-state index in [2.05, 4.69) is 4.98 Å². The number of carbonyl (C=O) groups excluding carboxylic acids is 2. The SMILES string of the molecule is CC(C)(C)OC(=O)CN(Cc1ccccc1)C(=O)c1ccc[nH]1. The fourth-order valence-electron chi connectivity index (χ4n) is 2.17. The van der Waals surface area contributed by atoms with Crippen molar-refractivity contribution in [3.8, 4) is 0 Å². The second kappa shape index (κ2) is 7.13. The molecule has 1 N–H and O–H groups in total. The molecule has 1 heterocycles. The number of aromatic nitrogens is 1. The van der Waals surface area contributed by atoms with Crippen molar-refractivity contribution in [2.75, 3.05) is 6.54 Å². The van der Waals surface area contributed by atoms with Gasteiger partial charge in [-0.3, -0.25) is 9.59 Å². The van der Waals surface area contributed by atoms with Crippen molar-refractivity contribution in [2.45, 2.75) is 32.9 Å². The molecule has 0 spiro atoms. The van der Waals surface area contributed by atoms with E-state index in [1.165, 1.54) is 4.90 Å². The molecular formula is C18H22N2O3. The van der Waals surface area contributed by atoms with E-state index < -0.39 is 11.6 Å². The molecule has 5 heteroatoms. The first-order valence-corrected chi connectivity index (χ1v) is 7.53. The van der Waals surface area contributed by atoms with Crippen LogP contribution < -0.4 is 0 Å². The zero-order chi connectivity index (χ0) is 16.9. The first kappa shape index (κ1) is 16.8. The number of esters is 1. The number of rotatable bonds is 5. The van der Waals surface area contributed by atoms with Gasteiger partial charge in [0.15, 0.2) is 0 Å². The molecular weight excluding hydrogens is 292 g/mol. The minimum Gasteiger partial charge on any atom is -0.459 e. The van der Waals surface area contributed by atoms with Gasteiger partial charge in [-0.1, -0.05) is 30.3 Å². The van der Waals surface area contributed by atoms with E-state index in [9.17, 15) is 9.59 Å². The van der Waals surface area contributed by atoms with Crippen LogP contribution in [0.1, 0.15) is 36.8 Å². The first-order valence-electron chi connectivity index (χ1n) is 7.53. The van der Waals surface area contributed by atoms with Crippen molar-refractivity contribution in [1.29, 1.82) is 0 Å². The summed E-state index contributed by atoms with van der Waals surface area (Å²) in [6.45, 7) is 5.67. The van der Waals surface area contributed by atoms with Crippen LogP contribution in [-0.2, 0) is 16.1 Å². The second-order valence-corrected chi connectivity index (χ2v) is 6.32. The van der Waals surface area contributed by atoms with Crippen LogP contribution in [0.15, 0.2) is 48.7 Å². The highest BCUT2D eigenvalue weighted by atomic mass is 16.6. The number of hydrogen-bond acceptors (Lipinski definition) is 3. The van der Waals surface area contributed by atoms with Gasteiger partial charge in [-0.15, -0.1) is 0 Å². The van der Waals surface area contributed by atoms with Gasteiger partial charge in [-0.2, -0.15) is 0 Å². The Labute approximate surface area is 136 Å². The van der Waals surface area contributed by atoms with Gasteiger partial charge >= 0.3 is 5.97 Å². The predicted octanol–water partition coefficient (Wildman–Crippen LogP) is 3.00. The molecule has 0 fully saturated rings. The zero-order valence-corrected chi connectivity index (χ0v) is 13.7. The van der Waals surface area contributed by atoms with E-state index in [0.29, 0.717) is 12.2 Å². The maximum Gasteiger partial charge on any atom is 0.326 e. The maximum atomic E-state index is 12.6. The van der Waals surface area contributed by atoms with Gasteiger partial charge in [-0.25, -0.2) is 0 Å². The number of H-pyrrole nitrogens is 1. The highest BCUT2D eigenvalue weighted by Gasteiger charge is 2.23. The van der Waals surface area contributed by atoms with Crippen LogP contribution in [0.25, 0.3) is 0 Å². The summed E-state index contributed by atoms with van der Waals surface area (Å²) in [6.07, 6.45) is 1.68. The molecule has 1 aromatic heterocycles. The van der Waals surface area contributed by atoms with Gasteiger partial charge in [0.1, 0.15) is 17.8 Å². The summed E-state index contributed by atoms with van der Waals surface area (Å²) >= 11 is 0. The Kier molecular flexibility index (Phi) is 5.21. The molecule has 0 aliphatic carbocycles. The topological polar surface area (TPSA) is 62.4 Å². The summed E-state index contributed by atoms with van der Waals surface area (Å²) in [4.78, 5) is 29.1. The van der Waals surface area contributed by atoms with Crippen molar-refractivity contribution in [1.82, 2.24) is 9.88 Å². The van der Waals surface area contributed by atoms with Gasteiger partial charge in [0.05, 0.1) is 0 Å². The molecule has 0 saturated carbocycles. The Hall–Kier alpha value is -2.56. The fraction of sp³-hybridized carbons (Fsp3) is 0.333. The van der Waals surface area contributed by atoms with E-state index in [4.69, 9.17) is 4.74 Å². The van der Waals surface area contributed by atoms with Gasteiger partial charge < -0.3 is 14.6 Å². The third kappa shape index (κ3) is 5.29. The number of hydrogen-bond donors (Lipinski definition) is 1. The summed E-state index contributed by atoms with van der Waals surface area (Å²) in [5.41, 5.74) is 0.825. The molecule has 1 amide bonds. The normalized spacial score (nSPS) is 11.1. The minimum atomic E-state index is -0.578. The third-order valence-electron chi connectivity index (χ3n) is 3.07.